The predicted molar refractivity (Wildman–Crippen MR) is 280 cm³/mol. The normalized spacial score (nSPS) is 15.7. The molecule has 18 heteroatoms. The van der Waals surface area contributed by atoms with Crippen LogP contribution in [0.15, 0.2) is 89.3 Å². The molecule has 4 aromatic rings. The van der Waals surface area contributed by atoms with Crippen molar-refractivity contribution in [2.75, 3.05) is 53.9 Å². The van der Waals surface area contributed by atoms with Crippen LogP contribution in [-0.2, 0) is 76.4 Å². The Bertz CT molecular complexity index is 2200. The summed E-state index contributed by atoms with van der Waals surface area (Å²) in [5.74, 6) is 0.948. The van der Waals surface area contributed by atoms with Crippen LogP contribution >= 0.6 is 0 Å². The molecule has 2 aliphatic heterocycles. The average molecular weight is 1120 g/mol. The van der Waals surface area contributed by atoms with E-state index in [4.69, 9.17) is 37.9 Å². The van der Waals surface area contributed by atoms with Gasteiger partial charge < -0.3 is 61.8 Å². The Hall–Kier alpha value is -2.72. The number of halogens is 3. The van der Waals surface area contributed by atoms with Gasteiger partial charge in [-0.05, 0) is 156 Å². The third-order valence-corrected chi connectivity index (χ3v) is 13.8. The zero-order chi connectivity index (χ0) is 50.9. The van der Waals surface area contributed by atoms with E-state index in [1.165, 1.54) is 24.4 Å². The van der Waals surface area contributed by atoms with Gasteiger partial charge in [0.25, 0.3) is 0 Å². The zero-order valence-electron chi connectivity index (χ0n) is 43.4. The van der Waals surface area contributed by atoms with Gasteiger partial charge in [-0.1, -0.05) is 36.4 Å². The van der Waals surface area contributed by atoms with Crippen LogP contribution in [0.4, 0.5) is 8.78 Å². The zero-order valence-corrected chi connectivity index (χ0v) is 48.0. The van der Waals surface area contributed by atoms with E-state index in [2.05, 4.69) is 16.0 Å². The fraction of sp³-hybridized carbons (Fsp3) is 0.519. The Balaban J connectivity index is 0.000000425. The van der Waals surface area contributed by atoms with E-state index in [9.17, 15) is 17.2 Å². The molecule has 1 N–H and O–H groups in total. The molecule has 0 spiro atoms. The number of methoxy groups -OCH3 is 2. The molecule has 0 aliphatic carbocycles. The molecule has 72 heavy (non-hydrogen) atoms. The van der Waals surface area contributed by atoms with Crippen molar-refractivity contribution in [3.05, 3.63) is 137 Å². The van der Waals surface area contributed by atoms with Crippen molar-refractivity contribution >= 4 is 51.2 Å². The molecule has 0 saturated carbocycles. The number of benzene rings is 4. The first-order chi connectivity index (χ1) is 33.5. The number of nitrogens with one attached hydrogen (secondary N) is 1. The summed E-state index contributed by atoms with van der Waals surface area (Å²) in [4.78, 5) is 0. The summed E-state index contributed by atoms with van der Waals surface area (Å²) in [6.07, 6.45) is 6.27. The maximum Gasteiger partial charge on any atom is 2.00 e. The number of hydrogen-bond donors (Lipinski definition) is 1. The molecule has 0 radical (unpaired) electrons. The molecular weight excluding hydrogens is 1040 g/mol. The molecule has 396 valence electrons. The fourth-order valence-corrected chi connectivity index (χ4v) is 8.16. The summed E-state index contributed by atoms with van der Waals surface area (Å²) in [5, 5.41) is 0. The van der Waals surface area contributed by atoms with Gasteiger partial charge in [0.1, 0.15) is 40.4 Å². The standard InChI is InChI=1S/C27H38FNO5S.C21H26FNO3S.C6H11O2.BrH.Mg/c1-27(2,3)35(30)29-25(12-13-26-33-15-5-16-34-26)24-18-22(28)9-8-21(24)14-17-32-19-20-6-10-23(31-4)11-7-20;1-21(2,3)27(24)23-14-18-13-19(22)8-7-17(18)11-12-26-15-16-5-9-20(25-4)10-6-16;1-2-6-7-4-3-5-8-6;;/h6-11,18,25-26,29H,5,12-17,19H2,1-4H3;5-10,13-14H,11-12,15H2,1-4H3;6H,1-5H2;1H;/q;;-1;;+2/p-1/t25-,35+;27-;;;/m11.../s1. The third kappa shape index (κ3) is 24.7. The van der Waals surface area contributed by atoms with Gasteiger partial charge in [0.05, 0.1) is 87.6 Å². The maximum atomic E-state index is 14.4. The van der Waals surface area contributed by atoms with Crippen molar-refractivity contribution in [2.45, 2.75) is 128 Å². The van der Waals surface area contributed by atoms with Crippen LogP contribution in [0.2, 0.25) is 0 Å². The van der Waals surface area contributed by atoms with E-state index in [0.717, 1.165) is 71.8 Å². The number of nitrogens with zero attached hydrogens (tertiary/aromatic N) is 1. The Morgan fingerprint density at radius 3 is 1.64 bits per heavy atom. The van der Waals surface area contributed by atoms with Gasteiger partial charge in [-0.15, -0.1) is 6.42 Å². The van der Waals surface area contributed by atoms with E-state index in [1.54, 1.807) is 32.4 Å². The van der Waals surface area contributed by atoms with Gasteiger partial charge in [0, 0.05) is 18.7 Å². The molecule has 0 amide bonds. The van der Waals surface area contributed by atoms with Crippen LogP contribution in [0.1, 0.15) is 113 Å². The van der Waals surface area contributed by atoms with Crippen molar-refractivity contribution < 1.29 is 72.1 Å². The largest absolute Gasteiger partial charge is 2.00 e. The summed E-state index contributed by atoms with van der Waals surface area (Å²) in [5.41, 5.74) is 5.40. The van der Waals surface area contributed by atoms with E-state index in [0.29, 0.717) is 70.9 Å². The van der Waals surface area contributed by atoms with E-state index in [1.807, 2.05) is 90.1 Å². The molecule has 4 aromatic carbocycles. The minimum atomic E-state index is -1.38. The molecule has 2 aliphatic rings. The number of rotatable bonds is 21. The second-order valence-electron chi connectivity index (χ2n) is 18.6. The summed E-state index contributed by atoms with van der Waals surface area (Å²) in [7, 11) is 0.568. The predicted octanol–water partition coefficient (Wildman–Crippen LogP) is 7.30. The molecule has 3 atom stereocenters. The third-order valence-electron chi connectivity index (χ3n) is 10.8. The first-order valence-corrected chi connectivity index (χ1v) is 26.1. The first kappa shape index (κ1) is 65.4. The Morgan fingerprint density at radius 2 is 1.18 bits per heavy atom. The molecule has 0 unspecified atom stereocenters. The summed E-state index contributed by atoms with van der Waals surface area (Å²) in [6, 6.07) is 24.5. The smallest absolute Gasteiger partial charge is 1.00 e. The Kier molecular flexibility index (Phi) is 31.6. The number of ether oxygens (including phenoxy) is 8. The van der Waals surface area contributed by atoms with Crippen molar-refractivity contribution in [1.29, 1.82) is 0 Å². The van der Waals surface area contributed by atoms with Gasteiger partial charge in [-0.3, -0.25) is 0 Å². The van der Waals surface area contributed by atoms with Crippen LogP contribution in [0, 0.1) is 18.6 Å². The van der Waals surface area contributed by atoms with Crippen LogP contribution in [0.5, 0.6) is 11.5 Å². The topological polar surface area (TPSA) is 132 Å². The molecule has 2 fully saturated rings. The molecular formula is C54H75BrF2MgN2O10S2. The van der Waals surface area contributed by atoms with Crippen LogP contribution in [-0.4, -0.2) is 114 Å². The van der Waals surface area contributed by atoms with Gasteiger partial charge in [-0.25, -0.2) is 21.9 Å². The summed E-state index contributed by atoms with van der Waals surface area (Å²) >= 11 is 0. The van der Waals surface area contributed by atoms with E-state index >= 15 is 0 Å². The van der Waals surface area contributed by atoms with Crippen LogP contribution < -0.4 is 31.2 Å². The van der Waals surface area contributed by atoms with Gasteiger partial charge >= 0.3 is 23.1 Å². The van der Waals surface area contributed by atoms with Crippen molar-refractivity contribution in [3.63, 3.8) is 0 Å². The second-order valence-corrected chi connectivity index (χ2v) is 22.5. The molecule has 0 bridgehead atoms. The quantitative estimate of drug-likeness (QED) is 0.0393. The van der Waals surface area contributed by atoms with Crippen molar-refractivity contribution in [2.24, 2.45) is 4.40 Å². The summed E-state index contributed by atoms with van der Waals surface area (Å²) in [6.45, 7) is 19.9. The van der Waals surface area contributed by atoms with Crippen LogP contribution in [0.3, 0.4) is 0 Å². The van der Waals surface area contributed by atoms with Gasteiger partial charge in [0.15, 0.2) is 6.29 Å². The minimum Gasteiger partial charge on any atom is -1.00 e. The first-order valence-electron chi connectivity index (χ1n) is 23.9. The average Bonchev–Trinajstić information content (AvgIpc) is 3.36. The SMILES string of the molecule is COc1ccc(COCCc2ccc(F)cc2C=N[S@](=O)C(C)(C)C)cc1.COc1ccc(COCCc2ccc(F)cc2[C@@H](CCC2OCCCO2)N[S@@](=O)C(C)(C)C)cc1.[Br-].[CH2-]CC1OCCCO1.[Mg+2]. The molecule has 2 heterocycles. The Morgan fingerprint density at radius 1 is 0.708 bits per heavy atom. The second kappa shape index (κ2) is 34.8. The van der Waals surface area contributed by atoms with Gasteiger partial charge in [-0.2, -0.15) is 4.40 Å². The molecule has 6 rings (SSSR count). The maximum absolute atomic E-state index is 14.4. The minimum absolute atomic E-state index is 0. The van der Waals surface area contributed by atoms with Crippen molar-refractivity contribution in [3.8, 4) is 11.5 Å². The monoisotopic (exact) mass is 1120 g/mol. The van der Waals surface area contributed by atoms with Gasteiger partial charge in [0.2, 0.25) is 0 Å². The van der Waals surface area contributed by atoms with E-state index in [-0.39, 0.29) is 70.3 Å². The molecule has 0 aromatic heterocycles. The van der Waals surface area contributed by atoms with E-state index < -0.39 is 31.5 Å². The van der Waals surface area contributed by atoms with Crippen molar-refractivity contribution in [1.82, 2.24) is 4.72 Å². The Labute approximate surface area is 459 Å². The van der Waals surface area contributed by atoms with Crippen LogP contribution in [0.25, 0.3) is 0 Å². The molecule has 2 saturated heterocycles. The molecule has 12 nitrogen and oxygen atoms in total. The fourth-order valence-electron chi connectivity index (χ4n) is 6.78. The summed E-state index contributed by atoms with van der Waals surface area (Å²) < 4.78 is 103. The number of hydrogen-bond acceptors (Lipinski definition) is 10.